The Labute approximate surface area is 167 Å². The van der Waals surface area contributed by atoms with E-state index in [1.165, 1.54) is 5.56 Å². The van der Waals surface area contributed by atoms with E-state index in [4.69, 9.17) is 4.42 Å². The first-order valence-electron chi connectivity index (χ1n) is 8.56. The van der Waals surface area contributed by atoms with Gasteiger partial charge in [-0.05, 0) is 38.8 Å². The minimum Gasteiger partial charge on any atom is -0.444 e. The second kappa shape index (κ2) is 10.4. The first-order chi connectivity index (χ1) is 11.5. The van der Waals surface area contributed by atoms with Crippen molar-refractivity contribution in [2.75, 3.05) is 6.54 Å². The first kappa shape index (κ1) is 21.5. The number of guanidine groups is 1. The lowest BCUT2D eigenvalue weighted by molar-refractivity contribution is 0.481. The van der Waals surface area contributed by atoms with Gasteiger partial charge in [-0.1, -0.05) is 31.5 Å². The SMILES string of the molecule is CCNC(=NCc1coc(-c2ccc(C)cc2)n1)NC(C)C(C)C.I. The van der Waals surface area contributed by atoms with Gasteiger partial charge >= 0.3 is 0 Å². The third kappa shape index (κ3) is 6.68. The lowest BCUT2D eigenvalue weighted by Gasteiger charge is -2.20. The predicted octanol–water partition coefficient (Wildman–Crippen LogP) is 4.37. The van der Waals surface area contributed by atoms with Crippen molar-refractivity contribution in [3.05, 3.63) is 41.8 Å². The lowest BCUT2D eigenvalue weighted by atomic mass is 10.1. The highest BCUT2D eigenvalue weighted by molar-refractivity contribution is 14.0. The summed E-state index contributed by atoms with van der Waals surface area (Å²) in [6.07, 6.45) is 1.67. The molecule has 1 heterocycles. The fourth-order valence-corrected chi connectivity index (χ4v) is 2.07. The molecule has 0 saturated heterocycles. The van der Waals surface area contributed by atoms with Gasteiger partial charge < -0.3 is 15.1 Å². The average Bonchev–Trinajstić information content (AvgIpc) is 3.02. The summed E-state index contributed by atoms with van der Waals surface area (Å²) >= 11 is 0. The fourth-order valence-electron chi connectivity index (χ4n) is 2.07. The summed E-state index contributed by atoms with van der Waals surface area (Å²) in [5.41, 5.74) is 3.02. The maximum Gasteiger partial charge on any atom is 0.226 e. The summed E-state index contributed by atoms with van der Waals surface area (Å²) in [6, 6.07) is 8.49. The molecule has 0 bridgehead atoms. The maximum absolute atomic E-state index is 5.58. The van der Waals surface area contributed by atoms with Gasteiger partial charge in [-0.2, -0.15) is 0 Å². The second-order valence-corrected chi connectivity index (χ2v) is 6.38. The van der Waals surface area contributed by atoms with Crippen LogP contribution in [0.2, 0.25) is 0 Å². The number of aromatic nitrogens is 1. The molecule has 6 heteroatoms. The monoisotopic (exact) mass is 456 g/mol. The van der Waals surface area contributed by atoms with E-state index in [1.807, 2.05) is 12.1 Å². The Morgan fingerprint density at radius 1 is 1.20 bits per heavy atom. The number of oxazole rings is 1. The molecule has 0 aliphatic rings. The first-order valence-corrected chi connectivity index (χ1v) is 8.56. The zero-order valence-corrected chi connectivity index (χ0v) is 18.0. The van der Waals surface area contributed by atoms with E-state index >= 15 is 0 Å². The topological polar surface area (TPSA) is 62.5 Å². The van der Waals surface area contributed by atoms with Gasteiger partial charge in [0.1, 0.15) is 12.0 Å². The molecule has 0 fully saturated rings. The minimum atomic E-state index is 0. The Balaban J connectivity index is 0.00000312. The van der Waals surface area contributed by atoms with E-state index in [0.717, 1.165) is 23.8 Å². The van der Waals surface area contributed by atoms with Crippen molar-refractivity contribution in [2.24, 2.45) is 10.9 Å². The highest BCUT2D eigenvalue weighted by Crippen LogP contribution is 2.19. The van der Waals surface area contributed by atoms with Crippen molar-refractivity contribution in [3.8, 4) is 11.5 Å². The van der Waals surface area contributed by atoms with Crippen LogP contribution in [0.4, 0.5) is 0 Å². The maximum atomic E-state index is 5.58. The number of halogens is 1. The molecule has 1 aromatic heterocycles. The van der Waals surface area contributed by atoms with Gasteiger partial charge in [-0.15, -0.1) is 24.0 Å². The lowest BCUT2D eigenvalue weighted by Crippen LogP contribution is -2.44. The molecular weight excluding hydrogens is 427 g/mol. The molecule has 2 N–H and O–H groups in total. The smallest absolute Gasteiger partial charge is 0.226 e. The Morgan fingerprint density at radius 3 is 2.48 bits per heavy atom. The molecule has 0 radical (unpaired) electrons. The number of hydrogen-bond acceptors (Lipinski definition) is 3. The molecule has 2 aromatic rings. The summed E-state index contributed by atoms with van der Waals surface area (Å²) in [4.78, 5) is 9.13. The molecule has 0 aliphatic heterocycles. The van der Waals surface area contributed by atoms with Crippen LogP contribution in [-0.4, -0.2) is 23.5 Å². The van der Waals surface area contributed by atoms with E-state index in [1.54, 1.807) is 6.26 Å². The van der Waals surface area contributed by atoms with E-state index in [0.29, 0.717) is 24.4 Å². The summed E-state index contributed by atoms with van der Waals surface area (Å²) in [5.74, 6) is 1.97. The number of nitrogens with one attached hydrogen (secondary N) is 2. The van der Waals surface area contributed by atoms with Crippen LogP contribution in [0, 0.1) is 12.8 Å². The molecule has 0 spiro atoms. The van der Waals surface area contributed by atoms with Crippen molar-refractivity contribution >= 4 is 29.9 Å². The molecular formula is C19H29IN4O. The highest BCUT2D eigenvalue weighted by atomic mass is 127. The van der Waals surface area contributed by atoms with Crippen LogP contribution in [0.5, 0.6) is 0 Å². The molecule has 1 aromatic carbocycles. The normalized spacial score (nSPS) is 12.6. The molecule has 0 saturated carbocycles. The third-order valence-electron chi connectivity index (χ3n) is 3.96. The predicted molar refractivity (Wildman–Crippen MR) is 114 cm³/mol. The van der Waals surface area contributed by atoms with Crippen molar-refractivity contribution < 1.29 is 4.42 Å². The van der Waals surface area contributed by atoms with Crippen LogP contribution in [0.1, 0.15) is 39.0 Å². The van der Waals surface area contributed by atoms with Crippen LogP contribution >= 0.6 is 24.0 Å². The second-order valence-electron chi connectivity index (χ2n) is 6.38. The summed E-state index contributed by atoms with van der Waals surface area (Å²) in [6.45, 7) is 12.0. The van der Waals surface area contributed by atoms with Gasteiger partial charge in [0.05, 0.1) is 6.54 Å². The van der Waals surface area contributed by atoms with Crippen LogP contribution in [0.25, 0.3) is 11.5 Å². The number of aryl methyl sites for hydroxylation is 1. The van der Waals surface area contributed by atoms with Crippen molar-refractivity contribution in [1.82, 2.24) is 15.6 Å². The minimum absolute atomic E-state index is 0. The summed E-state index contributed by atoms with van der Waals surface area (Å²) < 4.78 is 5.58. The van der Waals surface area contributed by atoms with Crippen LogP contribution in [0.15, 0.2) is 39.9 Å². The molecule has 1 atom stereocenters. The average molecular weight is 456 g/mol. The largest absolute Gasteiger partial charge is 0.444 e. The quantitative estimate of drug-likeness (QED) is 0.385. The molecule has 5 nitrogen and oxygen atoms in total. The third-order valence-corrected chi connectivity index (χ3v) is 3.96. The molecule has 2 rings (SSSR count). The molecule has 138 valence electrons. The van der Waals surface area contributed by atoms with Crippen molar-refractivity contribution in [1.29, 1.82) is 0 Å². The Hall–Kier alpha value is -1.57. The molecule has 0 amide bonds. The van der Waals surface area contributed by atoms with Crippen LogP contribution < -0.4 is 10.6 Å². The Kier molecular flexibility index (Phi) is 8.96. The van der Waals surface area contributed by atoms with Gasteiger partial charge in [-0.3, -0.25) is 0 Å². The number of aliphatic imine (C=N–C) groups is 1. The van der Waals surface area contributed by atoms with Crippen LogP contribution in [-0.2, 0) is 6.54 Å². The standard InChI is InChI=1S/C19H28N4O.HI/c1-6-20-19(22-15(5)13(2)3)21-11-17-12-24-18(23-17)16-9-7-14(4)8-10-16;/h7-10,12-13,15H,6,11H2,1-5H3,(H2,20,21,22);1H. The van der Waals surface area contributed by atoms with Gasteiger partial charge in [0.2, 0.25) is 5.89 Å². The van der Waals surface area contributed by atoms with E-state index in [-0.39, 0.29) is 24.0 Å². The summed E-state index contributed by atoms with van der Waals surface area (Å²) in [5, 5.41) is 6.68. The Morgan fingerprint density at radius 2 is 1.88 bits per heavy atom. The number of benzene rings is 1. The Bertz CT molecular complexity index is 664. The zero-order chi connectivity index (χ0) is 17.5. The molecule has 25 heavy (non-hydrogen) atoms. The van der Waals surface area contributed by atoms with Gasteiger partial charge in [0.15, 0.2) is 5.96 Å². The summed E-state index contributed by atoms with van der Waals surface area (Å²) in [7, 11) is 0. The van der Waals surface area contributed by atoms with Crippen molar-refractivity contribution in [2.45, 2.75) is 47.2 Å². The molecule has 0 aliphatic carbocycles. The van der Waals surface area contributed by atoms with Gasteiger partial charge in [-0.25, -0.2) is 9.98 Å². The van der Waals surface area contributed by atoms with Crippen molar-refractivity contribution in [3.63, 3.8) is 0 Å². The number of hydrogen-bond donors (Lipinski definition) is 2. The molecule has 1 unspecified atom stereocenters. The van der Waals surface area contributed by atoms with E-state index in [9.17, 15) is 0 Å². The van der Waals surface area contributed by atoms with Gasteiger partial charge in [0.25, 0.3) is 0 Å². The van der Waals surface area contributed by atoms with E-state index in [2.05, 4.69) is 67.4 Å². The van der Waals surface area contributed by atoms with Crippen LogP contribution in [0.3, 0.4) is 0 Å². The van der Waals surface area contributed by atoms with E-state index < -0.39 is 0 Å². The number of nitrogens with zero attached hydrogens (tertiary/aromatic N) is 2. The highest BCUT2D eigenvalue weighted by Gasteiger charge is 2.10. The zero-order valence-electron chi connectivity index (χ0n) is 15.7. The van der Waals surface area contributed by atoms with Gasteiger partial charge in [0, 0.05) is 18.2 Å². The fraction of sp³-hybridized carbons (Fsp3) is 0.474. The number of rotatable bonds is 6.